The molecule has 0 fully saturated rings. The van der Waals surface area contributed by atoms with E-state index < -0.39 is 26.6 Å². The first-order chi connectivity index (χ1) is 21.0. The summed E-state index contributed by atoms with van der Waals surface area (Å²) in [5, 5.41) is 13.6. The number of aliphatic hydroxyl groups excluding tert-OH is 1. The van der Waals surface area contributed by atoms with E-state index in [1.165, 1.54) is 83.5 Å². The van der Waals surface area contributed by atoms with E-state index in [4.69, 9.17) is 9.05 Å². The van der Waals surface area contributed by atoms with Gasteiger partial charge in [-0.05, 0) is 32.1 Å². The predicted octanol–water partition coefficient (Wildman–Crippen LogP) is 7.99. The number of nitrogens with one attached hydrogen (secondary N) is 1. The summed E-state index contributed by atoms with van der Waals surface area (Å²) in [7, 11) is 1.24. The largest absolute Gasteiger partial charge is 0.756 e. The fraction of sp³-hybridized carbons (Fsp3) is 0.857. The number of phosphoric acid groups is 1. The number of amides is 1. The number of allylic oxidation sites excluding steroid dienone is 3. The second-order valence-corrected chi connectivity index (χ2v) is 14.6. The van der Waals surface area contributed by atoms with Crippen LogP contribution in [0.15, 0.2) is 24.3 Å². The smallest absolute Gasteiger partial charge is 0.268 e. The van der Waals surface area contributed by atoms with Crippen LogP contribution in [-0.4, -0.2) is 68.5 Å². The van der Waals surface area contributed by atoms with E-state index >= 15 is 0 Å². The normalized spacial score (nSPS) is 15.2. The molecular formula is C35H69N2O6P. The molecule has 0 aromatic rings. The molecule has 1 amide bonds. The van der Waals surface area contributed by atoms with Crippen LogP contribution in [0.1, 0.15) is 142 Å². The van der Waals surface area contributed by atoms with Crippen LogP contribution >= 0.6 is 7.82 Å². The van der Waals surface area contributed by atoms with Gasteiger partial charge in [0.05, 0.1) is 39.9 Å². The second kappa shape index (κ2) is 28.2. The highest BCUT2D eigenvalue weighted by Gasteiger charge is 2.23. The second-order valence-electron chi connectivity index (χ2n) is 13.2. The fourth-order valence-electron chi connectivity index (χ4n) is 4.75. The van der Waals surface area contributed by atoms with E-state index in [0.717, 1.165) is 38.5 Å². The van der Waals surface area contributed by atoms with Crippen molar-refractivity contribution in [2.24, 2.45) is 0 Å². The van der Waals surface area contributed by atoms with Crippen molar-refractivity contribution in [3.8, 4) is 0 Å². The van der Waals surface area contributed by atoms with Crippen LogP contribution in [0, 0.1) is 0 Å². The maximum absolute atomic E-state index is 12.7. The SMILES string of the molecule is CCCCCCCCC/C=C/CC/C=C/C(O)C(COP(=O)([O-])OCC[N+](C)(C)C)NC(=O)CCCCCCCCCCC. The van der Waals surface area contributed by atoms with Gasteiger partial charge in [0.25, 0.3) is 7.82 Å². The fourth-order valence-corrected chi connectivity index (χ4v) is 5.48. The molecule has 0 aliphatic rings. The van der Waals surface area contributed by atoms with Crippen molar-refractivity contribution in [1.29, 1.82) is 0 Å². The highest BCUT2D eigenvalue weighted by Crippen LogP contribution is 2.38. The third kappa shape index (κ3) is 29.7. The Balaban J connectivity index is 4.66. The van der Waals surface area contributed by atoms with Gasteiger partial charge in [0.1, 0.15) is 13.2 Å². The quantitative estimate of drug-likeness (QED) is 0.0343. The summed E-state index contributed by atoms with van der Waals surface area (Å²) >= 11 is 0. The summed E-state index contributed by atoms with van der Waals surface area (Å²) in [6.45, 7) is 4.56. The molecular weight excluding hydrogens is 575 g/mol. The summed E-state index contributed by atoms with van der Waals surface area (Å²) in [5.41, 5.74) is 0. The predicted molar refractivity (Wildman–Crippen MR) is 182 cm³/mol. The minimum atomic E-state index is -4.58. The van der Waals surface area contributed by atoms with Crippen molar-refractivity contribution in [3.63, 3.8) is 0 Å². The number of likely N-dealkylation sites (N-methyl/N-ethyl adjacent to an activating group) is 1. The minimum Gasteiger partial charge on any atom is -0.756 e. The van der Waals surface area contributed by atoms with Crippen molar-refractivity contribution < 1.29 is 32.9 Å². The summed E-state index contributed by atoms with van der Waals surface area (Å²) in [4.78, 5) is 25.0. The lowest BCUT2D eigenvalue weighted by Crippen LogP contribution is -2.45. The maximum Gasteiger partial charge on any atom is 0.268 e. The molecule has 44 heavy (non-hydrogen) atoms. The Morgan fingerprint density at radius 1 is 0.773 bits per heavy atom. The van der Waals surface area contributed by atoms with Gasteiger partial charge in [0, 0.05) is 6.42 Å². The van der Waals surface area contributed by atoms with E-state index in [-0.39, 0.29) is 12.5 Å². The van der Waals surface area contributed by atoms with Gasteiger partial charge in [-0.25, -0.2) is 0 Å². The summed E-state index contributed by atoms with van der Waals surface area (Å²) in [6, 6.07) is -0.894. The number of carbonyl (C=O) groups is 1. The van der Waals surface area contributed by atoms with Crippen molar-refractivity contribution in [2.75, 3.05) is 40.9 Å². The number of phosphoric ester groups is 1. The zero-order valence-electron chi connectivity index (χ0n) is 29.1. The van der Waals surface area contributed by atoms with E-state index in [2.05, 4.69) is 31.3 Å². The summed E-state index contributed by atoms with van der Waals surface area (Å²) in [6.07, 6.45) is 29.4. The van der Waals surface area contributed by atoms with Crippen LogP contribution in [-0.2, 0) is 18.4 Å². The minimum absolute atomic E-state index is 0.00512. The summed E-state index contributed by atoms with van der Waals surface area (Å²) < 4.78 is 23.0. The third-order valence-electron chi connectivity index (χ3n) is 7.66. The number of nitrogens with zero attached hydrogens (tertiary/aromatic N) is 1. The standard InChI is InChI=1S/C35H69N2O6P/c1-6-8-10-12-14-16-17-18-19-21-22-24-26-28-34(38)33(32-43-44(40,41)42-31-30-37(3,4)5)36-35(39)29-27-25-23-20-15-13-11-9-7-2/h19,21,26,28,33-34,38H,6-18,20,22-25,27,29-32H2,1-5H3,(H-,36,39,40,41)/b21-19+,28-26+. The van der Waals surface area contributed by atoms with Crippen LogP contribution in [0.5, 0.6) is 0 Å². The first-order valence-electron chi connectivity index (χ1n) is 17.7. The molecule has 0 aromatic heterocycles. The van der Waals surface area contributed by atoms with Crippen LogP contribution in [0.2, 0.25) is 0 Å². The zero-order valence-corrected chi connectivity index (χ0v) is 30.0. The van der Waals surface area contributed by atoms with Crippen molar-refractivity contribution >= 4 is 13.7 Å². The molecule has 0 saturated heterocycles. The lowest BCUT2D eigenvalue weighted by Gasteiger charge is -2.29. The number of rotatable bonds is 31. The monoisotopic (exact) mass is 644 g/mol. The Hall–Kier alpha value is -1.02. The number of unbranched alkanes of at least 4 members (excludes halogenated alkanes) is 16. The molecule has 8 nitrogen and oxygen atoms in total. The zero-order chi connectivity index (χ0) is 32.9. The van der Waals surface area contributed by atoms with Crippen molar-refractivity contribution in [2.45, 2.75) is 154 Å². The van der Waals surface area contributed by atoms with E-state index in [1.54, 1.807) is 6.08 Å². The van der Waals surface area contributed by atoms with E-state index in [1.807, 2.05) is 27.2 Å². The van der Waals surface area contributed by atoms with Crippen LogP contribution in [0.4, 0.5) is 0 Å². The number of carbonyl (C=O) groups excluding carboxylic acids is 1. The molecule has 0 aromatic carbocycles. The average molecular weight is 645 g/mol. The molecule has 260 valence electrons. The first kappa shape index (κ1) is 43.0. The molecule has 0 saturated carbocycles. The lowest BCUT2D eigenvalue weighted by atomic mass is 10.1. The highest BCUT2D eigenvalue weighted by atomic mass is 31.2. The molecule has 2 N–H and O–H groups in total. The van der Waals surface area contributed by atoms with Gasteiger partial charge in [-0.3, -0.25) is 9.36 Å². The van der Waals surface area contributed by atoms with Crippen LogP contribution in [0.25, 0.3) is 0 Å². The lowest BCUT2D eigenvalue weighted by molar-refractivity contribution is -0.870. The van der Waals surface area contributed by atoms with E-state index in [9.17, 15) is 19.4 Å². The van der Waals surface area contributed by atoms with Gasteiger partial charge < -0.3 is 28.8 Å². The summed E-state index contributed by atoms with van der Waals surface area (Å²) in [5.74, 6) is -0.214. The molecule has 0 heterocycles. The highest BCUT2D eigenvalue weighted by molar-refractivity contribution is 7.45. The van der Waals surface area contributed by atoms with Gasteiger partial charge in [0.2, 0.25) is 5.91 Å². The molecule has 0 spiro atoms. The molecule has 0 rings (SSSR count). The maximum atomic E-state index is 12.7. The number of aliphatic hydroxyl groups is 1. The van der Waals surface area contributed by atoms with Gasteiger partial charge >= 0.3 is 0 Å². The van der Waals surface area contributed by atoms with Gasteiger partial charge in [-0.15, -0.1) is 0 Å². The molecule has 0 bridgehead atoms. The molecule has 0 aliphatic carbocycles. The average Bonchev–Trinajstić information content (AvgIpc) is 2.95. The van der Waals surface area contributed by atoms with Gasteiger partial charge in [-0.1, -0.05) is 128 Å². The third-order valence-corrected chi connectivity index (χ3v) is 8.63. The molecule has 3 unspecified atom stereocenters. The topological polar surface area (TPSA) is 108 Å². The van der Waals surface area contributed by atoms with Gasteiger partial charge in [-0.2, -0.15) is 0 Å². The Labute approximate surface area is 271 Å². The van der Waals surface area contributed by atoms with Crippen molar-refractivity contribution in [3.05, 3.63) is 24.3 Å². The van der Waals surface area contributed by atoms with Crippen molar-refractivity contribution in [1.82, 2.24) is 5.32 Å². The number of hydrogen-bond acceptors (Lipinski definition) is 6. The van der Waals surface area contributed by atoms with Crippen LogP contribution < -0.4 is 10.2 Å². The Bertz CT molecular complexity index is 784. The number of hydrogen-bond donors (Lipinski definition) is 2. The Morgan fingerprint density at radius 2 is 1.27 bits per heavy atom. The molecule has 0 radical (unpaired) electrons. The van der Waals surface area contributed by atoms with E-state index in [0.29, 0.717) is 17.4 Å². The Kier molecular flexibility index (Phi) is 27.6. The Morgan fingerprint density at radius 3 is 1.84 bits per heavy atom. The van der Waals surface area contributed by atoms with Gasteiger partial charge in [0.15, 0.2) is 0 Å². The van der Waals surface area contributed by atoms with Crippen LogP contribution in [0.3, 0.4) is 0 Å². The molecule has 0 aliphatic heterocycles. The molecule has 3 atom stereocenters. The molecule has 9 heteroatoms. The number of quaternary nitrogens is 1. The first-order valence-corrected chi connectivity index (χ1v) is 19.2.